The van der Waals surface area contributed by atoms with E-state index in [1.165, 1.54) is 6.92 Å². The van der Waals surface area contributed by atoms with Crippen LogP contribution in [0, 0.1) is 0 Å². The molecule has 2 amide bonds. The Labute approximate surface area is 147 Å². The van der Waals surface area contributed by atoms with Gasteiger partial charge in [0.25, 0.3) is 0 Å². The summed E-state index contributed by atoms with van der Waals surface area (Å²) < 4.78 is 0. The van der Waals surface area contributed by atoms with E-state index < -0.39 is 0 Å². The van der Waals surface area contributed by atoms with Gasteiger partial charge in [-0.25, -0.2) is 0 Å². The molecule has 0 aliphatic heterocycles. The number of benzene rings is 2. The molecule has 2 aromatic rings. The van der Waals surface area contributed by atoms with Gasteiger partial charge in [-0.2, -0.15) is 0 Å². The average molecular weight is 345 g/mol. The van der Waals surface area contributed by atoms with Crippen molar-refractivity contribution in [2.75, 3.05) is 12.4 Å². The van der Waals surface area contributed by atoms with Crippen molar-refractivity contribution in [3.63, 3.8) is 0 Å². The average Bonchev–Trinajstić information content (AvgIpc) is 2.55. The van der Waals surface area contributed by atoms with Gasteiger partial charge in [-0.1, -0.05) is 35.9 Å². The Balaban J connectivity index is 2.00. The van der Waals surface area contributed by atoms with Gasteiger partial charge in [-0.05, 0) is 42.3 Å². The van der Waals surface area contributed by atoms with Gasteiger partial charge in [0, 0.05) is 24.7 Å². The Morgan fingerprint density at radius 2 is 1.67 bits per heavy atom. The molecule has 0 radical (unpaired) electrons. The number of likely N-dealkylation sites (N-methyl/N-ethyl adjacent to an activating group) is 1. The maximum Gasteiger partial charge on any atom is 0.227 e. The minimum absolute atomic E-state index is 0.0322. The maximum absolute atomic E-state index is 12.5. The second kappa shape index (κ2) is 7.97. The van der Waals surface area contributed by atoms with Crippen LogP contribution in [0.2, 0.25) is 5.02 Å². The molecule has 0 aliphatic carbocycles. The normalized spacial score (nSPS) is 11.7. The Hall–Kier alpha value is -2.33. The van der Waals surface area contributed by atoms with E-state index in [4.69, 9.17) is 11.6 Å². The molecule has 4 nitrogen and oxygen atoms in total. The van der Waals surface area contributed by atoms with Gasteiger partial charge >= 0.3 is 0 Å². The monoisotopic (exact) mass is 344 g/mol. The van der Waals surface area contributed by atoms with E-state index in [-0.39, 0.29) is 17.9 Å². The van der Waals surface area contributed by atoms with Gasteiger partial charge in [-0.3, -0.25) is 9.59 Å². The van der Waals surface area contributed by atoms with Crippen molar-refractivity contribution in [2.45, 2.75) is 26.3 Å². The van der Waals surface area contributed by atoms with Crippen LogP contribution >= 0.6 is 11.6 Å². The minimum atomic E-state index is -0.115. The molecule has 5 heteroatoms. The fourth-order valence-corrected chi connectivity index (χ4v) is 2.52. The summed E-state index contributed by atoms with van der Waals surface area (Å²) >= 11 is 5.90. The lowest BCUT2D eigenvalue weighted by atomic mass is 10.1. The highest BCUT2D eigenvalue weighted by Crippen LogP contribution is 2.21. The van der Waals surface area contributed by atoms with Gasteiger partial charge in [0.2, 0.25) is 11.8 Å². The summed E-state index contributed by atoms with van der Waals surface area (Å²) in [7, 11) is 1.80. The van der Waals surface area contributed by atoms with Crippen LogP contribution in [-0.4, -0.2) is 23.8 Å². The molecule has 2 aromatic carbocycles. The smallest absolute Gasteiger partial charge is 0.227 e. The van der Waals surface area contributed by atoms with Crippen molar-refractivity contribution < 1.29 is 9.59 Å². The van der Waals surface area contributed by atoms with E-state index in [9.17, 15) is 9.59 Å². The first-order valence-corrected chi connectivity index (χ1v) is 8.12. The number of nitrogens with one attached hydrogen (secondary N) is 1. The van der Waals surface area contributed by atoms with Crippen LogP contribution < -0.4 is 5.32 Å². The number of halogens is 1. The Morgan fingerprint density at radius 3 is 2.21 bits per heavy atom. The summed E-state index contributed by atoms with van der Waals surface area (Å²) in [5.74, 6) is -0.0833. The molecule has 2 rings (SSSR count). The van der Waals surface area contributed by atoms with Crippen LogP contribution in [0.15, 0.2) is 48.5 Å². The molecular weight excluding hydrogens is 324 g/mol. The third kappa shape index (κ3) is 4.83. The molecule has 0 heterocycles. The zero-order valence-corrected chi connectivity index (χ0v) is 14.8. The van der Waals surface area contributed by atoms with Crippen LogP contribution in [0.4, 0.5) is 5.69 Å². The van der Waals surface area contributed by atoms with Crippen molar-refractivity contribution >= 4 is 29.1 Å². The SMILES string of the molecule is CC(=O)Nc1ccc(CC(=O)N(C)C(C)c2ccc(Cl)cc2)cc1. The predicted molar refractivity (Wildman–Crippen MR) is 97.1 cm³/mol. The molecule has 1 N–H and O–H groups in total. The number of anilines is 1. The minimum Gasteiger partial charge on any atom is -0.339 e. The summed E-state index contributed by atoms with van der Waals surface area (Å²) in [4.78, 5) is 25.2. The van der Waals surface area contributed by atoms with Crippen molar-refractivity contribution in [1.82, 2.24) is 4.90 Å². The van der Waals surface area contributed by atoms with Gasteiger partial charge in [0.15, 0.2) is 0 Å². The lowest BCUT2D eigenvalue weighted by molar-refractivity contribution is -0.131. The number of amides is 2. The van der Waals surface area contributed by atoms with E-state index in [1.807, 2.05) is 43.3 Å². The van der Waals surface area contributed by atoms with Gasteiger partial charge in [-0.15, -0.1) is 0 Å². The first-order valence-electron chi connectivity index (χ1n) is 7.74. The summed E-state index contributed by atoms with van der Waals surface area (Å²) in [5, 5.41) is 3.39. The Morgan fingerprint density at radius 1 is 1.08 bits per heavy atom. The number of carbonyl (C=O) groups is 2. The molecule has 0 bridgehead atoms. The Bertz CT molecular complexity index is 711. The van der Waals surface area contributed by atoms with Crippen LogP contribution in [0.1, 0.15) is 31.0 Å². The van der Waals surface area contributed by atoms with Gasteiger partial charge < -0.3 is 10.2 Å². The zero-order chi connectivity index (χ0) is 17.7. The first kappa shape index (κ1) is 18.0. The van der Waals surface area contributed by atoms with E-state index in [0.29, 0.717) is 11.4 Å². The Kier molecular flexibility index (Phi) is 5.99. The molecule has 1 unspecified atom stereocenters. The second-order valence-electron chi connectivity index (χ2n) is 5.79. The molecule has 0 saturated heterocycles. The molecular formula is C19H21ClN2O2. The number of hydrogen-bond acceptors (Lipinski definition) is 2. The zero-order valence-electron chi connectivity index (χ0n) is 14.0. The number of rotatable bonds is 5. The van der Waals surface area contributed by atoms with Crippen molar-refractivity contribution in [3.05, 3.63) is 64.7 Å². The molecule has 126 valence electrons. The molecule has 0 aromatic heterocycles. The molecule has 0 spiro atoms. The fraction of sp³-hybridized carbons (Fsp3) is 0.263. The van der Waals surface area contributed by atoms with E-state index in [0.717, 1.165) is 16.8 Å². The fourth-order valence-electron chi connectivity index (χ4n) is 2.39. The van der Waals surface area contributed by atoms with Crippen molar-refractivity contribution in [1.29, 1.82) is 0 Å². The number of carbonyl (C=O) groups excluding carboxylic acids is 2. The van der Waals surface area contributed by atoms with Crippen molar-refractivity contribution in [2.24, 2.45) is 0 Å². The highest BCUT2D eigenvalue weighted by Gasteiger charge is 2.17. The summed E-state index contributed by atoms with van der Waals surface area (Å²) in [6.07, 6.45) is 0.314. The maximum atomic E-state index is 12.5. The quantitative estimate of drug-likeness (QED) is 0.889. The van der Waals surface area contributed by atoms with E-state index in [2.05, 4.69) is 5.32 Å². The molecule has 0 aliphatic rings. The van der Waals surface area contributed by atoms with Crippen molar-refractivity contribution in [3.8, 4) is 0 Å². The van der Waals surface area contributed by atoms with Crippen LogP contribution in [0.3, 0.4) is 0 Å². The van der Waals surface area contributed by atoms with Crippen LogP contribution in [0.5, 0.6) is 0 Å². The lowest BCUT2D eigenvalue weighted by Gasteiger charge is -2.25. The van der Waals surface area contributed by atoms with Crippen LogP contribution in [0.25, 0.3) is 0 Å². The van der Waals surface area contributed by atoms with Gasteiger partial charge in [0.05, 0.1) is 12.5 Å². The topological polar surface area (TPSA) is 49.4 Å². The summed E-state index contributed by atoms with van der Waals surface area (Å²) in [6, 6.07) is 14.8. The summed E-state index contributed by atoms with van der Waals surface area (Å²) in [6.45, 7) is 3.45. The third-order valence-electron chi connectivity index (χ3n) is 3.96. The lowest BCUT2D eigenvalue weighted by Crippen LogP contribution is -2.30. The van der Waals surface area contributed by atoms with E-state index >= 15 is 0 Å². The molecule has 0 saturated carbocycles. The largest absolute Gasteiger partial charge is 0.339 e. The number of hydrogen-bond donors (Lipinski definition) is 1. The molecule has 24 heavy (non-hydrogen) atoms. The second-order valence-corrected chi connectivity index (χ2v) is 6.22. The van der Waals surface area contributed by atoms with E-state index in [1.54, 1.807) is 24.1 Å². The molecule has 1 atom stereocenters. The summed E-state index contributed by atoms with van der Waals surface area (Å²) in [5.41, 5.74) is 2.67. The highest BCUT2D eigenvalue weighted by atomic mass is 35.5. The standard InChI is InChI=1S/C19H21ClN2O2/c1-13(16-6-8-17(20)9-7-16)22(3)19(24)12-15-4-10-18(11-5-15)21-14(2)23/h4-11,13H,12H2,1-3H3,(H,21,23). The van der Waals surface area contributed by atoms with Gasteiger partial charge in [0.1, 0.15) is 0 Å². The van der Waals surface area contributed by atoms with Crippen LogP contribution in [-0.2, 0) is 16.0 Å². The highest BCUT2D eigenvalue weighted by molar-refractivity contribution is 6.30. The predicted octanol–water partition coefficient (Wildman–Crippen LogP) is 4.06. The molecule has 0 fully saturated rings. The third-order valence-corrected chi connectivity index (χ3v) is 4.21. The number of nitrogens with zero attached hydrogens (tertiary/aromatic N) is 1. The first-order chi connectivity index (χ1) is 11.4.